The van der Waals surface area contributed by atoms with Crippen LogP contribution < -0.4 is 10.1 Å². The molecule has 2 nitrogen and oxygen atoms in total. The number of fused-ring (bicyclic) bond motifs is 1. The SMILES string of the molecule is CCCNCC(C)Cc1cc(Br)cc2c1OCC2. The summed E-state index contributed by atoms with van der Waals surface area (Å²) in [5.74, 6) is 1.78. The van der Waals surface area contributed by atoms with Crippen molar-refractivity contribution in [1.82, 2.24) is 5.32 Å². The van der Waals surface area contributed by atoms with Crippen molar-refractivity contribution in [3.8, 4) is 5.75 Å². The first kappa shape index (κ1) is 13.9. The Labute approximate surface area is 118 Å². The average Bonchev–Trinajstić information content (AvgIpc) is 2.77. The molecule has 1 aromatic carbocycles. The number of benzene rings is 1. The van der Waals surface area contributed by atoms with Crippen molar-refractivity contribution in [3.63, 3.8) is 0 Å². The molecule has 1 N–H and O–H groups in total. The fourth-order valence-electron chi connectivity index (χ4n) is 2.47. The van der Waals surface area contributed by atoms with E-state index in [1.54, 1.807) is 0 Å². The van der Waals surface area contributed by atoms with Gasteiger partial charge in [-0.05, 0) is 55.1 Å². The highest BCUT2D eigenvalue weighted by atomic mass is 79.9. The summed E-state index contributed by atoms with van der Waals surface area (Å²) in [5.41, 5.74) is 2.70. The monoisotopic (exact) mass is 311 g/mol. The van der Waals surface area contributed by atoms with Gasteiger partial charge < -0.3 is 10.1 Å². The molecular formula is C15H22BrNO. The number of nitrogens with one attached hydrogen (secondary N) is 1. The predicted octanol–water partition coefficient (Wildman–Crippen LogP) is 3.56. The lowest BCUT2D eigenvalue weighted by molar-refractivity contribution is 0.351. The normalized spacial score (nSPS) is 15.3. The lowest BCUT2D eigenvalue weighted by atomic mass is 9.98. The van der Waals surface area contributed by atoms with Gasteiger partial charge in [-0.2, -0.15) is 0 Å². The molecule has 0 radical (unpaired) electrons. The topological polar surface area (TPSA) is 21.3 Å². The Kier molecular flexibility index (Phi) is 5.07. The molecular weight excluding hydrogens is 290 g/mol. The molecule has 0 saturated carbocycles. The minimum absolute atomic E-state index is 0.638. The molecule has 0 bridgehead atoms. The highest BCUT2D eigenvalue weighted by Crippen LogP contribution is 2.34. The Morgan fingerprint density at radius 2 is 2.28 bits per heavy atom. The summed E-state index contributed by atoms with van der Waals surface area (Å²) in [4.78, 5) is 0. The zero-order chi connectivity index (χ0) is 13.0. The molecule has 1 aliphatic heterocycles. The lowest BCUT2D eigenvalue weighted by Gasteiger charge is -2.15. The molecule has 1 aliphatic rings. The maximum absolute atomic E-state index is 5.77. The number of rotatable bonds is 6. The maximum Gasteiger partial charge on any atom is 0.125 e. The van der Waals surface area contributed by atoms with Gasteiger partial charge in [-0.15, -0.1) is 0 Å². The first-order chi connectivity index (χ1) is 8.70. The van der Waals surface area contributed by atoms with Gasteiger partial charge in [-0.1, -0.05) is 29.8 Å². The molecule has 0 aliphatic carbocycles. The van der Waals surface area contributed by atoms with E-state index in [1.165, 1.54) is 22.0 Å². The second-order valence-corrected chi connectivity index (χ2v) is 6.08. The van der Waals surface area contributed by atoms with E-state index in [4.69, 9.17) is 4.74 Å². The summed E-state index contributed by atoms with van der Waals surface area (Å²) in [5, 5.41) is 3.48. The van der Waals surface area contributed by atoms with Crippen LogP contribution in [0.2, 0.25) is 0 Å². The van der Waals surface area contributed by atoms with Crippen molar-refractivity contribution in [2.24, 2.45) is 5.92 Å². The third-order valence-electron chi connectivity index (χ3n) is 3.31. The van der Waals surface area contributed by atoms with E-state index >= 15 is 0 Å². The Bertz CT molecular complexity index is 406. The van der Waals surface area contributed by atoms with Crippen LogP contribution in [0, 0.1) is 5.92 Å². The van der Waals surface area contributed by atoms with Crippen molar-refractivity contribution in [1.29, 1.82) is 0 Å². The first-order valence-corrected chi connectivity index (χ1v) is 7.64. The molecule has 1 atom stereocenters. The van der Waals surface area contributed by atoms with Crippen LogP contribution in [-0.2, 0) is 12.8 Å². The number of hydrogen-bond acceptors (Lipinski definition) is 2. The molecule has 0 saturated heterocycles. The minimum Gasteiger partial charge on any atom is -0.493 e. The molecule has 1 aromatic rings. The fourth-order valence-corrected chi connectivity index (χ4v) is 3.02. The van der Waals surface area contributed by atoms with E-state index in [1.807, 2.05) is 0 Å². The second-order valence-electron chi connectivity index (χ2n) is 5.17. The van der Waals surface area contributed by atoms with Crippen molar-refractivity contribution >= 4 is 15.9 Å². The second kappa shape index (κ2) is 6.58. The summed E-state index contributed by atoms with van der Waals surface area (Å²) in [7, 11) is 0. The zero-order valence-electron chi connectivity index (χ0n) is 11.3. The zero-order valence-corrected chi connectivity index (χ0v) is 12.8. The van der Waals surface area contributed by atoms with Crippen LogP contribution in [0.5, 0.6) is 5.75 Å². The summed E-state index contributed by atoms with van der Waals surface area (Å²) in [6, 6.07) is 4.40. The first-order valence-electron chi connectivity index (χ1n) is 6.85. The molecule has 1 unspecified atom stereocenters. The number of hydrogen-bond donors (Lipinski definition) is 1. The Morgan fingerprint density at radius 3 is 3.06 bits per heavy atom. The van der Waals surface area contributed by atoms with Gasteiger partial charge in [0.25, 0.3) is 0 Å². The van der Waals surface area contributed by atoms with Crippen LogP contribution in [0.25, 0.3) is 0 Å². The maximum atomic E-state index is 5.77. The fraction of sp³-hybridized carbons (Fsp3) is 0.600. The van der Waals surface area contributed by atoms with Gasteiger partial charge in [0.1, 0.15) is 5.75 Å². The van der Waals surface area contributed by atoms with E-state index < -0.39 is 0 Å². The molecule has 1 heterocycles. The van der Waals surface area contributed by atoms with E-state index in [0.29, 0.717) is 5.92 Å². The standard InChI is InChI=1S/C15H22BrNO/c1-3-5-17-10-11(2)7-13-9-14(16)8-12-4-6-18-15(12)13/h8-9,11,17H,3-7,10H2,1-2H3. The molecule has 0 amide bonds. The summed E-state index contributed by atoms with van der Waals surface area (Å²) in [6.07, 6.45) is 3.32. The van der Waals surface area contributed by atoms with Gasteiger partial charge >= 0.3 is 0 Å². The molecule has 0 spiro atoms. The molecule has 18 heavy (non-hydrogen) atoms. The average molecular weight is 312 g/mol. The van der Waals surface area contributed by atoms with Gasteiger partial charge in [-0.25, -0.2) is 0 Å². The minimum atomic E-state index is 0.638. The van der Waals surface area contributed by atoms with Crippen LogP contribution in [-0.4, -0.2) is 19.7 Å². The predicted molar refractivity (Wildman–Crippen MR) is 79.4 cm³/mol. The highest BCUT2D eigenvalue weighted by Gasteiger charge is 2.18. The van der Waals surface area contributed by atoms with Crippen LogP contribution >= 0.6 is 15.9 Å². The summed E-state index contributed by atoms with van der Waals surface area (Å²) in [6.45, 7) is 7.52. The van der Waals surface area contributed by atoms with Crippen molar-refractivity contribution < 1.29 is 4.74 Å². The van der Waals surface area contributed by atoms with Gasteiger partial charge in [0.05, 0.1) is 6.61 Å². The quantitative estimate of drug-likeness (QED) is 0.811. The van der Waals surface area contributed by atoms with Crippen LogP contribution in [0.4, 0.5) is 0 Å². The summed E-state index contributed by atoms with van der Waals surface area (Å²) < 4.78 is 6.95. The van der Waals surface area contributed by atoms with Gasteiger partial charge in [-0.3, -0.25) is 0 Å². The van der Waals surface area contributed by atoms with Crippen LogP contribution in [0.1, 0.15) is 31.4 Å². The number of ether oxygens (including phenoxy) is 1. The van der Waals surface area contributed by atoms with Gasteiger partial charge in [0, 0.05) is 10.9 Å². The van der Waals surface area contributed by atoms with E-state index in [2.05, 4.69) is 47.2 Å². The van der Waals surface area contributed by atoms with Crippen molar-refractivity contribution in [3.05, 3.63) is 27.7 Å². The summed E-state index contributed by atoms with van der Waals surface area (Å²) >= 11 is 3.60. The highest BCUT2D eigenvalue weighted by molar-refractivity contribution is 9.10. The third-order valence-corrected chi connectivity index (χ3v) is 3.77. The Balaban J connectivity index is 2.00. The smallest absolute Gasteiger partial charge is 0.125 e. The Morgan fingerprint density at radius 1 is 1.44 bits per heavy atom. The number of halogens is 1. The van der Waals surface area contributed by atoms with E-state index in [-0.39, 0.29) is 0 Å². The Hall–Kier alpha value is -0.540. The molecule has 100 valence electrons. The largest absolute Gasteiger partial charge is 0.493 e. The molecule has 3 heteroatoms. The van der Waals surface area contributed by atoms with Crippen molar-refractivity contribution in [2.45, 2.75) is 33.1 Å². The molecule has 0 aromatic heterocycles. The van der Waals surface area contributed by atoms with Gasteiger partial charge in [0.15, 0.2) is 0 Å². The van der Waals surface area contributed by atoms with Gasteiger partial charge in [0.2, 0.25) is 0 Å². The van der Waals surface area contributed by atoms with Crippen molar-refractivity contribution in [2.75, 3.05) is 19.7 Å². The third kappa shape index (κ3) is 3.48. The lowest BCUT2D eigenvalue weighted by Crippen LogP contribution is -2.23. The van der Waals surface area contributed by atoms with Crippen LogP contribution in [0.3, 0.4) is 0 Å². The molecule has 0 fully saturated rings. The van der Waals surface area contributed by atoms with E-state index in [0.717, 1.165) is 38.3 Å². The van der Waals surface area contributed by atoms with Crippen LogP contribution in [0.15, 0.2) is 16.6 Å². The molecule has 2 rings (SSSR count). The van der Waals surface area contributed by atoms with E-state index in [9.17, 15) is 0 Å².